The lowest BCUT2D eigenvalue weighted by molar-refractivity contribution is 0.0172. The van der Waals surface area contributed by atoms with Gasteiger partial charge in [-0.25, -0.2) is 13.8 Å². The lowest BCUT2D eigenvalue weighted by Crippen LogP contribution is -2.21. The van der Waals surface area contributed by atoms with Gasteiger partial charge in [0.05, 0.1) is 16.5 Å². The van der Waals surface area contributed by atoms with Crippen molar-refractivity contribution >= 4 is 11.3 Å². The maximum atomic E-state index is 13.8. The van der Waals surface area contributed by atoms with Crippen LogP contribution in [0.25, 0.3) is 10.6 Å². The topological polar surface area (TPSA) is 69.8 Å². The first kappa shape index (κ1) is 18.1. The summed E-state index contributed by atoms with van der Waals surface area (Å²) in [5, 5.41) is 20.4. The Morgan fingerprint density at radius 1 is 1.15 bits per heavy atom. The third-order valence-electron chi connectivity index (χ3n) is 4.09. The summed E-state index contributed by atoms with van der Waals surface area (Å²) < 4.78 is 27.6. The van der Waals surface area contributed by atoms with Gasteiger partial charge in [-0.1, -0.05) is 6.07 Å². The first-order chi connectivity index (χ1) is 12.2. The molecule has 1 unspecified atom stereocenters. The molecule has 0 aliphatic rings. The highest BCUT2D eigenvalue weighted by atomic mass is 32.1. The molecule has 0 aliphatic heterocycles. The zero-order valence-electron chi connectivity index (χ0n) is 14.1. The molecule has 1 N–H and O–H groups in total. The van der Waals surface area contributed by atoms with E-state index in [9.17, 15) is 13.9 Å². The van der Waals surface area contributed by atoms with Gasteiger partial charge in [-0.2, -0.15) is 5.26 Å². The first-order valence-electron chi connectivity index (χ1n) is 7.75. The number of aliphatic hydroxyl groups is 1. The standard InChI is InChI=1S/C19H15F2N3OS/c1-18(25,14-5-7-23-8-6-14)16-11-24-17(26-16)12-3-4-13(10-22)15(9-12)19(2,20)21/h3-9,11,25H,1-2H3. The third-order valence-corrected chi connectivity index (χ3v) is 5.35. The van der Waals surface area contributed by atoms with Crippen molar-refractivity contribution in [2.24, 2.45) is 0 Å². The first-order valence-corrected chi connectivity index (χ1v) is 8.57. The zero-order chi connectivity index (χ0) is 18.9. The molecule has 0 bridgehead atoms. The lowest BCUT2D eigenvalue weighted by atomic mass is 9.96. The maximum absolute atomic E-state index is 13.8. The van der Waals surface area contributed by atoms with E-state index in [1.165, 1.54) is 29.7 Å². The summed E-state index contributed by atoms with van der Waals surface area (Å²) in [4.78, 5) is 8.78. The molecule has 0 saturated carbocycles. The van der Waals surface area contributed by atoms with Crippen molar-refractivity contribution in [3.05, 3.63) is 70.5 Å². The van der Waals surface area contributed by atoms with E-state index in [1.54, 1.807) is 43.6 Å². The average molecular weight is 371 g/mol. The number of pyridine rings is 1. The Morgan fingerprint density at radius 3 is 2.46 bits per heavy atom. The summed E-state index contributed by atoms with van der Waals surface area (Å²) in [6.07, 6.45) is 4.70. The molecule has 0 amide bonds. The van der Waals surface area contributed by atoms with E-state index >= 15 is 0 Å². The highest BCUT2D eigenvalue weighted by Gasteiger charge is 2.30. The fraction of sp³-hybridized carbons (Fsp3) is 0.211. The molecule has 2 heterocycles. The molecule has 4 nitrogen and oxygen atoms in total. The van der Waals surface area contributed by atoms with Gasteiger partial charge < -0.3 is 5.11 Å². The fourth-order valence-electron chi connectivity index (χ4n) is 2.59. The summed E-state index contributed by atoms with van der Waals surface area (Å²) in [6.45, 7) is 2.40. The highest BCUT2D eigenvalue weighted by molar-refractivity contribution is 7.15. The number of halogens is 2. The number of aromatic nitrogens is 2. The smallest absolute Gasteiger partial charge is 0.271 e. The molecule has 0 spiro atoms. The van der Waals surface area contributed by atoms with Crippen LogP contribution >= 0.6 is 11.3 Å². The maximum Gasteiger partial charge on any atom is 0.271 e. The van der Waals surface area contributed by atoms with E-state index in [-0.39, 0.29) is 11.1 Å². The number of thiazole rings is 1. The second-order valence-corrected chi connectivity index (χ2v) is 7.13. The van der Waals surface area contributed by atoms with Crippen LogP contribution < -0.4 is 0 Å². The van der Waals surface area contributed by atoms with E-state index in [1.807, 2.05) is 0 Å². The SMILES string of the molecule is CC(F)(F)c1cc(-c2ncc(C(C)(O)c3ccncc3)s2)ccc1C#N. The van der Waals surface area contributed by atoms with Gasteiger partial charge in [0, 0.05) is 36.6 Å². The Hall–Kier alpha value is -2.69. The number of nitrogens with zero attached hydrogens (tertiary/aromatic N) is 3. The van der Waals surface area contributed by atoms with Crippen molar-refractivity contribution in [1.82, 2.24) is 9.97 Å². The van der Waals surface area contributed by atoms with Crippen LogP contribution in [0.2, 0.25) is 0 Å². The molecule has 3 aromatic rings. The summed E-state index contributed by atoms with van der Waals surface area (Å²) in [6, 6.07) is 9.43. The molecule has 132 valence electrons. The van der Waals surface area contributed by atoms with Crippen molar-refractivity contribution in [2.75, 3.05) is 0 Å². The number of benzene rings is 1. The van der Waals surface area contributed by atoms with Gasteiger partial charge in [0.2, 0.25) is 0 Å². The van der Waals surface area contributed by atoms with Crippen molar-refractivity contribution in [3.8, 4) is 16.6 Å². The molecular weight excluding hydrogens is 356 g/mol. The van der Waals surface area contributed by atoms with Crippen LogP contribution in [0.15, 0.2) is 48.9 Å². The molecule has 1 aromatic carbocycles. The molecule has 2 aromatic heterocycles. The molecule has 26 heavy (non-hydrogen) atoms. The van der Waals surface area contributed by atoms with Crippen LogP contribution in [-0.4, -0.2) is 15.1 Å². The van der Waals surface area contributed by atoms with Crippen LogP contribution in [0.3, 0.4) is 0 Å². The van der Waals surface area contributed by atoms with E-state index in [4.69, 9.17) is 5.26 Å². The molecule has 0 fully saturated rings. The van der Waals surface area contributed by atoms with E-state index in [0.717, 1.165) is 6.92 Å². The predicted molar refractivity (Wildman–Crippen MR) is 94.7 cm³/mol. The van der Waals surface area contributed by atoms with E-state index in [2.05, 4.69) is 9.97 Å². The molecule has 0 radical (unpaired) electrons. The van der Waals surface area contributed by atoms with Gasteiger partial charge in [-0.05, 0) is 36.8 Å². The predicted octanol–water partition coefficient (Wildman–Crippen LogP) is 4.44. The Balaban J connectivity index is 2.02. The number of nitriles is 1. The van der Waals surface area contributed by atoms with Gasteiger partial charge in [0.15, 0.2) is 0 Å². The van der Waals surface area contributed by atoms with Crippen LogP contribution in [-0.2, 0) is 11.5 Å². The second-order valence-electron chi connectivity index (χ2n) is 6.10. The van der Waals surface area contributed by atoms with Crippen LogP contribution in [0.4, 0.5) is 8.78 Å². The zero-order valence-corrected chi connectivity index (χ0v) is 14.9. The van der Waals surface area contributed by atoms with Crippen molar-refractivity contribution in [2.45, 2.75) is 25.4 Å². The number of alkyl halides is 2. The van der Waals surface area contributed by atoms with Crippen LogP contribution in [0.1, 0.15) is 35.4 Å². The Labute approximate surface area is 153 Å². The summed E-state index contributed by atoms with van der Waals surface area (Å²) >= 11 is 1.21. The Bertz CT molecular complexity index is 972. The summed E-state index contributed by atoms with van der Waals surface area (Å²) in [5.74, 6) is -3.14. The largest absolute Gasteiger partial charge is 0.380 e. The second kappa shape index (κ2) is 6.56. The minimum atomic E-state index is -3.14. The van der Waals surface area contributed by atoms with Gasteiger partial charge >= 0.3 is 0 Å². The minimum absolute atomic E-state index is 0.0678. The van der Waals surface area contributed by atoms with E-state index < -0.39 is 11.5 Å². The quantitative estimate of drug-likeness (QED) is 0.736. The van der Waals surface area contributed by atoms with Crippen LogP contribution in [0.5, 0.6) is 0 Å². The molecule has 7 heteroatoms. The Kier molecular flexibility index (Phi) is 4.57. The fourth-order valence-corrected chi connectivity index (χ4v) is 3.57. The van der Waals surface area contributed by atoms with Crippen molar-refractivity contribution in [1.29, 1.82) is 5.26 Å². The van der Waals surface area contributed by atoms with Gasteiger partial charge in [0.25, 0.3) is 5.92 Å². The average Bonchev–Trinajstić information content (AvgIpc) is 3.12. The normalized spacial score (nSPS) is 13.8. The van der Waals surface area contributed by atoms with Crippen LogP contribution in [0, 0.1) is 11.3 Å². The Morgan fingerprint density at radius 2 is 1.85 bits per heavy atom. The molecule has 0 saturated heterocycles. The monoisotopic (exact) mass is 371 g/mol. The lowest BCUT2D eigenvalue weighted by Gasteiger charge is -2.21. The number of hydrogen-bond donors (Lipinski definition) is 1. The minimum Gasteiger partial charge on any atom is -0.380 e. The highest BCUT2D eigenvalue weighted by Crippen LogP contribution is 2.38. The summed E-state index contributed by atoms with van der Waals surface area (Å²) in [7, 11) is 0. The molecule has 1 atom stereocenters. The number of rotatable bonds is 4. The van der Waals surface area contributed by atoms with Crippen molar-refractivity contribution in [3.63, 3.8) is 0 Å². The number of hydrogen-bond acceptors (Lipinski definition) is 5. The van der Waals surface area contributed by atoms with Gasteiger partial charge in [0.1, 0.15) is 10.6 Å². The summed E-state index contributed by atoms with van der Waals surface area (Å²) in [5.41, 5.74) is -0.550. The van der Waals surface area contributed by atoms with Gasteiger partial charge in [-0.15, -0.1) is 11.3 Å². The third kappa shape index (κ3) is 3.34. The van der Waals surface area contributed by atoms with Crippen molar-refractivity contribution < 1.29 is 13.9 Å². The molecule has 0 aliphatic carbocycles. The van der Waals surface area contributed by atoms with E-state index in [0.29, 0.717) is 21.0 Å². The molecular formula is C19H15F2N3OS. The van der Waals surface area contributed by atoms with Gasteiger partial charge in [-0.3, -0.25) is 4.98 Å². The molecule has 3 rings (SSSR count).